The van der Waals surface area contributed by atoms with Gasteiger partial charge in [0.1, 0.15) is 23.0 Å². The summed E-state index contributed by atoms with van der Waals surface area (Å²) in [6, 6.07) is 12.9. The third kappa shape index (κ3) is 4.41. The Hall–Kier alpha value is -1.21. The Morgan fingerprint density at radius 3 is 2.26 bits per heavy atom. The first-order valence-corrected chi connectivity index (χ1v) is 11.5. The van der Waals surface area contributed by atoms with Crippen LogP contribution in [0.2, 0.25) is 18.1 Å². The van der Waals surface area contributed by atoms with Gasteiger partial charge in [0.05, 0.1) is 3.57 Å². The summed E-state index contributed by atoms with van der Waals surface area (Å²) < 4.78 is 12.9. The lowest BCUT2D eigenvalue weighted by molar-refractivity contribution is 0.445. The molecule has 2 aromatic rings. The maximum absolute atomic E-state index is 9.77. The maximum atomic E-state index is 9.77. The molecular formula is C18H23IO3Si. The summed E-state index contributed by atoms with van der Waals surface area (Å²) in [4.78, 5) is 0. The molecule has 3 nitrogen and oxygen atoms in total. The van der Waals surface area contributed by atoms with Gasteiger partial charge in [-0.3, -0.25) is 0 Å². The van der Waals surface area contributed by atoms with Crippen molar-refractivity contribution in [1.29, 1.82) is 0 Å². The number of halogens is 1. The Bertz CT molecular complexity index is 693. The first-order chi connectivity index (χ1) is 10.6. The fraction of sp³-hybridized carbons (Fsp3) is 0.333. The quantitative estimate of drug-likeness (QED) is 0.455. The molecule has 124 valence electrons. The third-order valence-corrected chi connectivity index (χ3v) is 9.60. The molecule has 0 atom stereocenters. The van der Waals surface area contributed by atoms with E-state index in [0.717, 1.165) is 5.75 Å². The van der Waals surface area contributed by atoms with Gasteiger partial charge < -0.3 is 14.3 Å². The van der Waals surface area contributed by atoms with Gasteiger partial charge in [-0.25, -0.2) is 0 Å². The van der Waals surface area contributed by atoms with Crippen LogP contribution >= 0.6 is 22.6 Å². The van der Waals surface area contributed by atoms with E-state index in [1.165, 1.54) is 0 Å². The predicted octanol–water partition coefficient (Wildman–Crippen LogP) is 6.17. The Morgan fingerprint density at radius 2 is 1.61 bits per heavy atom. The zero-order valence-corrected chi connectivity index (χ0v) is 17.3. The second kappa shape index (κ2) is 6.73. The van der Waals surface area contributed by atoms with Crippen LogP contribution < -0.4 is 9.16 Å². The summed E-state index contributed by atoms with van der Waals surface area (Å²) in [5, 5.41) is 9.91. The van der Waals surface area contributed by atoms with E-state index in [1.807, 2.05) is 30.3 Å². The van der Waals surface area contributed by atoms with Crippen molar-refractivity contribution in [2.75, 3.05) is 0 Å². The first kappa shape index (κ1) is 18.1. The molecule has 2 aromatic carbocycles. The van der Waals surface area contributed by atoms with Crippen LogP contribution in [0.5, 0.6) is 23.0 Å². The summed E-state index contributed by atoms with van der Waals surface area (Å²) in [6.45, 7) is 11.1. The van der Waals surface area contributed by atoms with Crippen molar-refractivity contribution in [3.8, 4) is 23.0 Å². The normalized spacial score (nSPS) is 12.1. The molecule has 0 aliphatic heterocycles. The van der Waals surface area contributed by atoms with E-state index in [1.54, 1.807) is 12.1 Å². The van der Waals surface area contributed by atoms with Gasteiger partial charge in [-0.05, 0) is 65.0 Å². The highest BCUT2D eigenvalue weighted by atomic mass is 127. The lowest BCUT2D eigenvalue weighted by atomic mass is 10.2. The Labute approximate surface area is 152 Å². The second-order valence-corrected chi connectivity index (χ2v) is 12.8. The van der Waals surface area contributed by atoms with Crippen LogP contribution in [0.15, 0.2) is 42.5 Å². The van der Waals surface area contributed by atoms with Crippen LogP contribution in [-0.2, 0) is 0 Å². The minimum Gasteiger partial charge on any atom is -0.543 e. The van der Waals surface area contributed by atoms with Crippen LogP contribution in [0.25, 0.3) is 0 Å². The van der Waals surface area contributed by atoms with E-state index >= 15 is 0 Å². The molecule has 0 saturated carbocycles. The average molecular weight is 442 g/mol. The lowest BCUT2D eigenvalue weighted by Gasteiger charge is -2.36. The van der Waals surface area contributed by atoms with Crippen molar-refractivity contribution in [1.82, 2.24) is 0 Å². The van der Waals surface area contributed by atoms with Crippen LogP contribution in [0.3, 0.4) is 0 Å². The molecule has 23 heavy (non-hydrogen) atoms. The first-order valence-electron chi connectivity index (χ1n) is 7.54. The van der Waals surface area contributed by atoms with E-state index < -0.39 is 8.32 Å². The Morgan fingerprint density at radius 1 is 1.00 bits per heavy atom. The van der Waals surface area contributed by atoms with Gasteiger partial charge in [0, 0.05) is 6.07 Å². The van der Waals surface area contributed by atoms with Gasteiger partial charge in [0.25, 0.3) is 0 Å². The molecule has 0 aliphatic rings. The monoisotopic (exact) mass is 442 g/mol. The molecule has 5 heteroatoms. The van der Waals surface area contributed by atoms with Crippen molar-refractivity contribution < 1.29 is 14.3 Å². The molecular weight excluding hydrogens is 419 g/mol. The molecule has 2 rings (SSSR count). The molecule has 0 spiro atoms. The summed E-state index contributed by atoms with van der Waals surface area (Å²) in [5.41, 5.74) is 0. The van der Waals surface area contributed by atoms with Crippen molar-refractivity contribution >= 4 is 30.9 Å². The summed E-state index contributed by atoms with van der Waals surface area (Å²) in [5.74, 6) is 2.38. The van der Waals surface area contributed by atoms with Crippen LogP contribution in [0.4, 0.5) is 0 Å². The minimum absolute atomic E-state index is 0.143. The maximum Gasteiger partial charge on any atom is 0.250 e. The number of benzene rings is 2. The molecule has 0 aromatic heterocycles. The van der Waals surface area contributed by atoms with Crippen LogP contribution in [0.1, 0.15) is 20.8 Å². The van der Waals surface area contributed by atoms with Gasteiger partial charge in [0.15, 0.2) is 0 Å². The zero-order chi connectivity index (χ0) is 17.3. The molecule has 0 bridgehead atoms. The molecule has 0 heterocycles. The van der Waals surface area contributed by atoms with Crippen LogP contribution in [0, 0.1) is 3.57 Å². The number of rotatable bonds is 4. The van der Waals surface area contributed by atoms with Gasteiger partial charge in [-0.2, -0.15) is 0 Å². The molecule has 1 N–H and O–H groups in total. The van der Waals surface area contributed by atoms with Gasteiger partial charge >= 0.3 is 0 Å². The van der Waals surface area contributed by atoms with Crippen molar-refractivity contribution in [2.24, 2.45) is 0 Å². The SMILES string of the molecule is CC(C)(C)[Si](C)(C)Oc1cccc(Oc2cccc(O)c2I)c1. The largest absolute Gasteiger partial charge is 0.543 e. The minimum atomic E-state index is -1.88. The Kier molecular flexibility index (Phi) is 5.30. The molecule has 0 saturated heterocycles. The Balaban J connectivity index is 2.22. The molecule has 0 amide bonds. The van der Waals surface area contributed by atoms with E-state index in [2.05, 4.69) is 56.5 Å². The van der Waals surface area contributed by atoms with Gasteiger partial charge in [-0.15, -0.1) is 0 Å². The summed E-state index contributed by atoms with van der Waals surface area (Å²) >= 11 is 2.07. The highest BCUT2D eigenvalue weighted by Gasteiger charge is 2.38. The van der Waals surface area contributed by atoms with Crippen LogP contribution in [-0.4, -0.2) is 13.4 Å². The lowest BCUT2D eigenvalue weighted by Crippen LogP contribution is -2.43. The smallest absolute Gasteiger partial charge is 0.250 e. The topological polar surface area (TPSA) is 38.7 Å². The molecule has 0 aliphatic carbocycles. The predicted molar refractivity (Wildman–Crippen MR) is 105 cm³/mol. The number of hydrogen-bond acceptors (Lipinski definition) is 3. The second-order valence-electron chi connectivity index (χ2n) is 7.03. The standard InChI is InChI=1S/C18H23IO3Si/c1-18(2,3)23(4,5)22-14-9-6-8-13(12-14)21-16-11-7-10-15(20)17(16)19/h6-12,20H,1-5H3. The molecule has 0 radical (unpaired) electrons. The van der Waals surface area contributed by atoms with Crippen molar-refractivity contribution in [3.05, 3.63) is 46.0 Å². The average Bonchev–Trinajstić information content (AvgIpc) is 2.42. The molecule has 0 fully saturated rings. The van der Waals surface area contributed by atoms with Crippen molar-refractivity contribution in [3.63, 3.8) is 0 Å². The van der Waals surface area contributed by atoms with E-state index in [-0.39, 0.29) is 10.8 Å². The molecule has 0 unspecified atom stereocenters. The van der Waals surface area contributed by atoms with E-state index in [9.17, 15) is 5.11 Å². The highest BCUT2D eigenvalue weighted by Crippen LogP contribution is 2.38. The van der Waals surface area contributed by atoms with E-state index in [4.69, 9.17) is 9.16 Å². The van der Waals surface area contributed by atoms with Gasteiger partial charge in [0.2, 0.25) is 8.32 Å². The van der Waals surface area contributed by atoms with Crippen molar-refractivity contribution in [2.45, 2.75) is 38.9 Å². The number of hydrogen-bond donors (Lipinski definition) is 1. The number of phenolic OH excluding ortho intramolecular Hbond substituents is 1. The number of aromatic hydroxyl groups is 1. The van der Waals surface area contributed by atoms with Gasteiger partial charge in [-0.1, -0.05) is 32.9 Å². The third-order valence-electron chi connectivity index (χ3n) is 4.16. The summed E-state index contributed by atoms with van der Waals surface area (Å²) in [6.07, 6.45) is 0. The highest BCUT2D eigenvalue weighted by molar-refractivity contribution is 14.1. The zero-order valence-electron chi connectivity index (χ0n) is 14.2. The number of phenols is 1. The number of ether oxygens (including phenoxy) is 1. The van der Waals surface area contributed by atoms with E-state index in [0.29, 0.717) is 15.1 Å². The summed E-state index contributed by atoms with van der Waals surface area (Å²) in [7, 11) is -1.88. The fourth-order valence-corrected chi connectivity index (χ4v) is 3.25. The fourth-order valence-electron chi connectivity index (χ4n) is 1.75.